The first-order valence-corrected chi connectivity index (χ1v) is 13.8. The van der Waals surface area contributed by atoms with Crippen LogP contribution in [-0.4, -0.2) is 33.0 Å². The number of hydrogen-bond acceptors (Lipinski definition) is 4. The highest BCUT2D eigenvalue weighted by Crippen LogP contribution is 2.49. The molecule has 1 unspecified atom stereocenters. The minimum Gasteiger partial charge on any atom is -0.384 e. The number of alkyl halides is 1. The number of halogens is 2. The van der Waals surface area contributed by atoms with Gasteiger partial charge < -0.3 is 5.11 Å². The van der Waals surface area contributed by atoms with E-state index in [4.69, 9.17) is 28.2 Å². The molecule has 1 aliphatic rings. The number of allylic oxidation sites excluding steroid dienone is 3. The van der Waals surface area contributed by atoms with Gasteiger partial charge in [-0.1, -0.05) is 78.7 Å². The minimum absolute atomic E-state index is 0.0827. The lowest BCUT2D eigenvalue weighted by Gasteiger charge is -2.36. The Morgan fingerprint density at radius 1 is 1.11 bits per heavy atom. The van der Waals surface area contributed by atoms with Gasteiger partial charge in [0, 0.05) is 23.9 Å². The Balaban J connectivity index is 2.07. The van der Waals surface area contributed by atoms with Gasteiger partial charge in [-0.05, 0) is 49.6 Å². The van der Waals surface area contributed by atoms with Gasteiger partial charge >= 0.3 is 0 Å². The number of hydrogen-bond donors (Lipinski definition) is 1. The molecule has 2 aromatic carbocycles. The van der Waals surface area contributed by atoms with Gasteiger partial charge in [-0.25, -0.2) is 13.4 Å². The van der Waals surface area contributed by atoms with E-state index in [1.54, 1.807) is 37.6 Å². The van der Waals surface area contributed by atoms with E-state index >= 15 is 0 Å². The monoisotopic (exact) mass is 530 g/mol. The van der Waals surface area contributed by atoms with Crippen LogP contribution in [0.25, 0.3) is 22.7 Å². The van der Waals surface area contributed by atoms with Crippen molar-refractivity contribution in [2.24, 2.45) is 0 Å². The number of aliphatic hydroxyl groups is 1. The summed E-state index contributed by atoms with van der Waals surface area (Å²) >= 11 is 13.7. The van der Waals surface area contributed by atoms with Crippen LogP contribution in [0.1, 0.15) is 45.4 Å². The molecule has 1 atom stereocenters. The van der Waals surface area contributed by atoms with Crippen molar-refractivity contribution in [1.82, 2.24) is 9.55 Å². The average molecular weight is 532 g/mol. The van der Waals surface area contributed by atoms with Gasteiger partial charge in [0.15, 0.2) is 14.0 Å². The predicted molar refractivity (Wildman–Crippen MR) is 144 cm³/mol. The second kappa shape index (κ2) is 9.25. The molecule has 0 bridgehead atoms. The fraction of sp³-hybridized carbons (Fsp3) is 0.296. The summed E-state index contributed by atoms with van der Waals surface area (Å²) in [7, 11) is -3.80. The van der Waals surface area contributed by atoms with Crippen molar-refractivity contribution in [2.75, 3.05) is 5.75 Å². The number of nitrogens with zero attached hydrogens (tertiary/aromatic N) is 2. The maximum Gasteiger partial charge on any atom is 0.189 e. The van der Waals surface area contributed by atoms with Crippen LogP contribution in [0.2, 0.25) is 5.02 Å². The first-order valence-electron chi connectivity index (χ1n) is 11.3. The van der Waals surface area contributed by atoms with E-state index in [9.17, 15) is 13.5 Å². The van der Waals surface area contributed by atoms with E-state index < -0.39 is 19.6 Å². The molecule has 35 heavy (non-hydrogen) atoms. The Morgan fingerprint density at radius 2 is 1.74 bits per heavy atom. The second-order valence-electron chi connectivity index (χ2n) is 9.23. The topological polar surface area (TPSA) is 72.2 Å². The van der Waals surface area contributed by atoms with Crippen molar-refractivity contribution in [1.29, 1.82) is 0 Å². The summed E-state index contributed by atoms with van der Waals surface area (Å²) in [5.41, 5.74) is 2.54. The van der Waals surface area contributed by atoms with Crippen molar-refractivity contribution in [3.8, 4) is 11.4 Å². The maximum atomic E-state index is 13.6. The van der Waals surface area contributed by atoms with Gasteiger partial charge in [-0.3, -0.25) is 4.57 Å². The van der Waals surface area contributed by atoms with Crippen LogP contribution in [0.4, 0.5) is 0 Å². The summed E-state index contributed by atoms with van der Waals surface area (Å²) in [6.07, 6.45) is 3.71. The molecule has 1 aliphatic carbocycles. The second-order valence-corrected chi connectivity index (χ2v) is 13.0. The average Bonchev–Trinajstić information content (AvgIpc) is 3.24. The van der Waals surface area contributed by atoms with Gasteiger partial charge in [0.25, 0.3) is 0 Å². The highest BCUT2D eigenvalue weighted by atomic mass is 35.5. The molecule has 1 heterocycles. The van der Waals surface area contributed by atoms with E-state index in [0.29, 0.717) is 33.4 Å². The summed E-state index contributed by atoms with van der Waals surface area (Å²) in [5.74, 6) is 0.277. The summed E-state index contributed by atoms with van der Waals surface area (Å²) in [5, 5.41) is 11.2. The zero-order valence-electron chi connectivity index (χ0n) is 20.1. The number of benzene rings is 2. The molecule has 1 N–H and O–H groups in total. The lowest BCUT2D eigenvalue weighted by molar-refractivity contribution is 0.0743. The Bertz CT molecular complexity index is 1430. The SMILES string of the molecule is CCS(=O)(=O)C1(Cl)CC(c2ccccc2)=CC(C)=C1n1cc(C(C)(C)O)nc1-c1ccccc1Cl. The number of aromatic nitrogens is 2. The first-order chi connectivity index (χ1) is 16.4. The predicted octanol–water partition coefficient (Wildman–Crippen LogP) is 6.52. The van der Waals surface area contributed by atoms with Gasteiger partial charge in [0.2, 0.25) is 0 Å². The smallest absolute Gasteiger partial charge is 0.189 e. The molecule has 4 rings (SSSR count). The molecule has 0 amide bonds. The van der Waals surface area contributed by atoms with Crippen LogP contribution in [0.3, 0.4) is 0 Å². The Morgan fingerprint density at radius 3 is 2.34 bits per heavy atom. The van der Waals surface area contributed by atoms with Crippen LogP contribution >= 0.6 is 23.2 Å². The standard InChI is InChI=1S/C27H28Cl2N2O3S/c1-5-35(33,34)27(29)16-20(19-11-7-6-8-12-19)15-18(2)24(27)31-17-23(26(3,4)32)30-25(31)21-13-9-10-14-22(21)28/h6-15,17,32H,5,16H2,1-4H3. The molecule has 3 aromatic rings. The third-order valence-corrected chi connectivity index (χ3v) is 9.67. The minimum atomic E-state index is -3.80. The highest BCUT2D eigenvalue weighted by molar-refractivity contribution is 7.94. The third-order valence-electron chi connectivity index (χ3n) is 6.24. The number of rotatable bonds is 6. The third kappa shape index (κ3) is 4.60. The van der Waals surface area contributed by atoms with E-state index in [0.717, 1.165) is 11.1 Å². The molecule has 0 fully saturated rings. The molecule has 5 nitrogen and oxygen atoms in total. The molecule has 0 aliphatic heterocycles. The Hall–Kier alpha value is -2.38. The zero-order chi connectivity index (χ0) is 25.6. The molecule has 0 saturated heterocycles. The van der Waals surface area contributed by atoms with Crippen LogP contribution < -0.4 is 0 Å². The molecular weight excluding hydrogens is 503 g/mol. The lowest BCUT2D eigenvalue weighted by Crippen LogP contribution is -2.40. The molecular formula is C27H28Cl2N2O3S. The molecule has 8 heteroatoms. The van der Waals surface area contributed by atoms with E-state index in [1.165, 1.54) is 0 Å². The van der Waals surface area contributed by atoms with Gasteiger partial charge in [0.05, 0.1) is 16.4 Å². The molecule has 0 saturated carbocycles. The van der Waals surface area contributed by atoms with E-state index in [-0.39, 0.29) is 12.2 Å². The summed E-state index contributed by atoms with van der Waals surface area (Å²) in [6.45, 7) is 6.70. The normalized spacial score (nSPS) is 19.1. The largest absolute Gasteiger partial charge is 0.384 e. The number of imidazole rings is 1. The summed E-state index contributed by atoms with van der Waals surface area (Å²) in [4.78, 5) is 4.69. The first kappa shape index (κ1) is 25.7. The van der Waals surface area contributed by atoms with Crippen molar-refractivity contribution >= 4 is 44.3 Å². The van der Waals surface area contributed by atoms with Crippen molar-refractivity contribution in [3.63, 3.8) is 0 Å². The Labute approximate surface area is 216 Å². The molecule has 0 radical (unpaired) electrons. The lowest BCUT2D eigenvalue weighted by atomic mass is 9.91. The van der Waals surface area contributed by atoms with Crippen molar-refractivity contribution < 1.29 is 13.5 Å². The molecule has 0 spiro atoms. The summed E-state index contributed by atoms with van der Waals surface area (Å²) in [6, 6.07) is 16.8. The van der Waals surface area contributed by atoms with Crippen LogP contribution in [0.5, 0.6) is 0 Å². The van der Waals surface area contributed by atoms with Gasteiger partial charge in [0.1, 0.15) is 11.4 Å². The molecule has 184 valence electrons. The maximum absolute atomic E-state index is 13.6. The fourth-order valence-corrected chi connectivity index (χ4v) is 6.69. The van der Waals surface area contributed by atoms with E-state index in [2.05, 4.69) is 0 Å². The zero-order valence-corrected chi connectivity index (χ0v) is 22.4. The van der Waals surface area contributed by atoms with E-state index in [1.807, 2.05) is 61.5 Å². The fourth-order valence-electron chi connectivity index (χ4n) is 4.38. The van der Waals surface area contributed by atoms with Gasteiger partial charge in [-0.15, -0.1) is 0 Å². The number of sulfone groups is 1. The molecule has 1 aromatic heterocycles. The summed E-state index contributed by atoms with van der Waals surface area (Å²) < 4.78 is 27.1. The highest BCUT2D eigenvalue weighted by Gasteiger charge is 2.49. The van der Waals surface area contributed by atoms with Crippen LogP contribution in [0, 0.1) is 0 Å². The van der Waals surface area contributed by atoms with Crippen LogP contribution in [0.15, 0.2) is 72.4 Å². The van der Waals surface area contributed by atoms with Crippen molar-refractivity contribution in [2.45, 2.75) is 43.9 Å². The van der Waals surface area contributed by atoms with Gasteiger partial charge in [-0.2, -0.15) is 0 Å². The quantitative estimate of drug-likeness (QED) is 0.368. The van der Waals surface area contributed by atoms with Crippen molar-refractivity contribution in [3.05, 3.63) is 88.7 Å². The Kier molecular flexibility index (Phi) is 6.79. The van der Waals surface area contributed by atoms with Crippen LogP contribution in [-0.2, 0) is 15.4 Å².